The average Bonchev–Trinajstić information content (AvgIpc) is 3.32. The van der Waals surface area contributed by atoms with Crippen LogP contribution in [0.2, 0.25) is 0 Å². The standard InChI is InChI=1S/C20H24N6O5/c1-3-8-29-18-23-19(30-9-4-2)25-20(24-18)31-13-16-12-26(7-10-28-16)17(27)6-5-15-11-21-14-22-15/h3-6,11,14,16H,1-2,7-10,12-13H2,(H,21,22)/b6-5+. The van der Waals surface area contributed by atoms with Gasteiger partial charge in [-0.1, -0.05) is 25.3 Å². The van der Waals surface area contributed by atoms with Gasteiger partial charge in [-0.05, 0) is 6.08 Å². The Balaban J connectivity index is 1.57. The number of aromatic amines is 1. The summed E-state index contributed by atoms with van der Waals surface area (Å²) in [6, 6.07) is 0.128. The number of nitrogens with zero attached hydrogens (tertiary/aromatic N) is 5. The van der Waals surface area contributed by atoms with Gasteiger partial charge in [-0.15, -0.1) is 15.0 Å². The van der Waals surface area contributed by atoms with Crippen molar-refractivity contribution in [3.8, 4) is 18.0 Å². The van der Waals surface area contributed by atoms with Crippen LogP contribution < -0.4 is 14.2 Å². The van der Waals surface area contributed by atoms with Crippen molar-refractivity contribution in [3.63, 3.8) is 0 Å². The molecule has 1 N–H and O–H groups in total. The van der Waals surface area contributed by atoms with E-state index < -0.39 is 0 Å². The number of H-pyrrole nitrogens is 1. The summed E-state index contributed by atoms with van der Waals surface area (Å²) in [6.07, 6.45) is 9.15. The number of amides is 1. The third-order valence-corrected chi connectivity index (χ3v) is 4.01. The average molecular weight is 428 g/mol. The second-order valence-corrected chi connectivity index (χ2v) is 6.31. The summed E-state index contributed by atoms with van der Waals surface area (Å²) in [5, 5.41) is 0. The molecule has 1 aliphatic heterocycles. The fraction of sp³-hybridized carbons (Fsp3) is 0.350. The molecule has 0 spiro atoms. The summed E-state index contributed by atoms with van der Waals surface area (Å²) in [7, 11) is 0. The fourth-order valence-corrected chi connectivity index (χ4v) is 2.59. The van der Waals surface area contributed by atoms with E-state index in [1.165, 1.54) is 6.08 Å². The lowest BCUT2D eigenvalue weighted by atomic mass is 10.2. The molecule has 1 saturated heterocycles. The van der Waals surface area contributed by atoms with E-state index in [0.29, 0.717) is 19.7 Å². The number of aromatic nitrogens is 5. The maximum atomic E-state index is 12.4. The summed E-state index contributed by atoms with van der Waals surface area (Å²) in [5.74, 6) is -0.122. The van der Waals surface area contributed by atoms with Crippen molar-refractivity contribution >= 4 is 12.0 Å². The highest BCUT2D eigenvalue weighted by Gasteiger charge is 2.24. The molecule has 31 heavy (non-hydrogen) atoms. The second kappa shape index (κ2) is 11.5. The lowest BCUT2D eigenvalue weighted by Crippen LogP contribution is -2.47. The number of carbonyl (C=O) groups is 1. The third kappa shape index (κ3) is 6.93. The van der Waals surface area contributed by atoms with Gasteiger partial charge in [-0.2, -0.15) is 0 Å². The van der Waals surface area contributed by atoms with E-state index in [0.717, 1.165) is 5.69 Å². The van der Waals surface area contributed by atoms with Crippen LogP contribution in [0.25, 0.3) is 6.08 Å². The Bertz CT molecular complexity index is 871. The highest BCUT2D eigenvalue weighted by molar-refractivity contribution is 5.91. The smallest absolute Gasteiger partial charge is 0.326 e. The maximum Gasteiger partial charge on any atom is 0.326 e. The second-order valence-electron chi connectivity index (χ2n) is 6.31. The first-order valence-corrected chi connectivity index (χ1v) is 9.61. The van der Waals surface area contributed by atoms with Crippen LogP contribution in [-0.4, -0.2) is 81.3 Å². The van der Waals surface area contributed by atoms with Crippen LogP contribution in [0.15, 0.2) is 43.9 Å². The van der Waals surface area contributed by atoms with Gasteiger partial charge in [0.1, 0.15) is 25.9 Å². The number of imidazole rings is 1. The van der Waals surface area contributed by atoms with E-state index >= 15 is 0 Å². The molecule has 2 aromatic heterocycles. The number of carbonyl (C=O) groups excluding carboxylic acids is 1. The van der Waals surface area contributed by atoms with E-state index in [9.17, 15) is 4.79 Å². The Morgan fingerprint density at radius 3 is 2.45 bits per heavy atom. The van der Waals surface area contributed by atoms with Gasteiger partial charge < -0.3 is 28.8 Å². The summed E-state index contributed by atoms with van der Waals surface area (Å²) >= 11 is 0. The zero-order chi connectivity index (χ0) is 21.9. The molecular weight excluding hydrogens is 404 g/mol. The van der Waals surface area contributed by atoms with E-state index in [1.807, 2.05) is 0 Å². The molecule has 3 rings (SSSR count). The molecule has 0 radical (unpaired) electrons. The number of morpholine rings is 1. The molecular formula is C20H24N6O5. The van der Waals surface area contributed by atoms with Crippen molar-refractivity contribution in [2.24, 2.45) is 0 Å². The molecule has 0 aromatic carbocycles. The molecule has 3 heterocycles. The highest BCUT2D eigenvalue weighted by Crippen LogP contribution is 2.16. The van der Waals surface area contributed by atoms with Crippen molar-refractivity contribution in [2.45, 2.75) is 6.10 Å². The molecule has 2 aromatic rings. The van der Waals surface area contributed by atoms with Crippen molar-refractivity contribution < 1.29 is 23.7 Å². The van der Waals surface area contributed by atoms with E-state index in [2.05, 4.69) is 38.1 Å². The van der Waals surface area contributed by atoms with Gasteiger partial charge in [-0.25, -0.2) is 4.98 Å². The van der Waals surface area contributed by atoms with Crippen molar-refractivity contribution in [1.82, 2.24) is 29.8 Å². The minimum absolute atomic E-state index is 0.0271. The largest absolute Gasteiger partial charge is 0.460 e. The van der Waals surface area contributed by atoms with Crippen molar-refractivity contribution in [2.75, 3.05) is 39.5 Å². The zero-order valence-electron chi connectivity index (χ0n) is 17.0. The van der Waals surface area contributed by atoms with Gasteiger partial charge in [0.15, 0.2) is 0 Å². The number of ether oxygens (including phenoxy) is 4. The minimum atomic E-state index is -0.342. The quantitative estimate of drug-likeness (QED) is 0.413. The topological polar surface area (TPSA) is 125 Å². The first-order chi connectivity index (χ1) is 15.2. The molecule has 1 atom stereocenters. The number of hydrogen-bond donors (Lipinski definition) is 1. The fourth-order valence-electron chi connectivity index (χ4n) is 2.59. The van der Waals surface area contributed by atoms with Crippen LogP contribution >= 0.6 is 0 Å². The first-order valence-electron chi connectivity index (χ1n) is 9.61. The molecule has 164 valence electrons. The normalized spacial score (nSPS) is 16.1. The Morgan fingerprint density at radius 2 is 1.84 bits per heavy atom. The van der Waals surface area contributed by atoms with Crippen LogP contribution in [0.1, 0.15) is 5.69 Å². The van der Waals surface area contributed by atoms with E-state index in [-0.39, 0.29) is 49.9 Å². The molecule has 11 heteroatoms. The molecule has 0 saturated carbocycles. The van der Waals surface area contributed by atoms with Crippen molar-refractivity contribution in [3.05, 3.63) is 49.6 Å². The lowest BCUT2D eigenvalue weighted by molar-refractivity contribution is -0.134. The first kappa shape index (κ1) is 22.0. The van der Waals surface area contributed by atoms with Crippen LogP contribution in [-0.2, 0) is 9.53 Å². The van der Waals surface area contributed by atoms with Crippen molar-refractivity contribution in [1.29, 1.82) is 0 Å². The van der Waals surface area contributed by atoms with Gasteiger partial charge in [0.2, 0.25) is 5.91 Å². The molecule has 1 unspecified atom stereocenters. The predicted molar refractivity (Wildman–Crippen MR) is 111 cm³/mol. The van der Waals surface area contributed by atoms with Crippen LogP contribution in [0.4, 0.5) is 0 Å². The van der Waals surface area contributed by atoms with Gasteiger partial charge in [0, 0.05) is 12.6 Å². The third-order valence-electron chi connectivity index (χ3n) is 4.01. The minimum Gasteiger partial charge on any atom is -0.460 e. The number of nitrogens with one attached hydrogen (secondary N) is 1. The maximum absolute atomic E-state index is 12.4. The summed E-state index contributed by atoms with van der Waals surface area (Å²) in [6.45, 7) is 9.02. The SMILES string of the molecule is C=CCOc1nc(OCC=C)nc(OCC2CN(C(=O)/C=C/c3cnc[nH]3)CCO2)n1. The predicted octanol–water partition coefficient (Wildman–Crippen LogP) is 1.04. The zero-order valence-corrected chi connectivity index (χ0v) is 17.0. The molecule has 0 aliphatic carbocycles. The number of rotatable bonds is 11. The molecule has 0 bridgehead atoms. The van der Waals surface area contributed by atoms with Crippen LogP contribution in [0.5, 0.6) is 18.0 Å². The van der Waals surface area contributed by atoms with Gasteiger partial charge in [0.25, 0.3) is 0 Å². The van der Waals surface area contributed by atoms with Gasteiger partial charge >= 0.3 is 18.0 Å². The highest BCUT2D eigenvalue weighted by atomic mass is 16.6. The Kier molecular flexibility index (Phi) is 8.12. The molecule has 1 amide bonds. The number of hydrogen-bond acceptors (Lipinski definition) is 9. The van der Waals surface area contributed by atoms with E-state index in [4.69, 9.17) is 18.9 Å². The summed E-state index contributed by atoms with van der Waals surface area (Å²) in [5.41, 5.74) is 0.750. The summed E-state index contributed by atoms with van der Waals surface area (Å²) in [4.78, 5) is 33.2. The molecule has 1 fully saturated rings. The Hall–Kier alpha value is -3.73. The van der Waals surface area contributed by atoms with E-state index in [1.54, 1.807) is 35.7 Å². The van der Waals surface area contributed by atoms with Crippen LogP contribution in [0.3, 0.4) is 0 Å². The Labute approximate surface area is 179 Å². The van der Waals surface area contributed by atoms with Gasteiger partial charge in [-0.3, -0.25) is 4.79 Å². The molecule has 1 aliphatic rings. The van der Waals surface area contributed by atoms with Gasteiger partial charge in [0.05, 0.1) is 31.4 Å². The monoisotopic (exact) mass is 428 g/mol. The lowest BCUT2D eigenvalue weighted by Gasteiger charge is -2.32. The molecule has 11 nitrogen and oxygen atoms in total. The van der Waals surface area contributed by atoms with Crippen LogP contribution in [0, 0.1) is 0 Å². The Morgan fingerprint density at radius 1 is 1.16 bits per heavy atom. The summed E-state index contributed by atoms with van der Waals surface area (Å²) < 4.78 is 22.1.